The molecular formula is C20H22AgBN4O2-2. The Balaban J connectivity index is 0.00000140. The van der Waals surface area contributed by atoms with Crippen LogP contribution in [0.25, 0.3) is 10.8 Å². The molecule has 0 saturated heterocycles. The van der Waals surface area contributed by atoms with E-state index in [1.807, 2.05) is 24.3 Å². The van der Waals surface area contributed by atoms with Crippen molar-refractivity contribution in [1.29, 1.82) is 0 Å². The number of carbonyl (C=O) groups is 1. The second kappa shape index (κ2) is 10.0. The predicted octanol–water partition coefficient (Wildman–Crippen LogP) is 1.53. The molecule has 3 aromatic rings. The first-order chi connectivity index (χ1) is 12.8. The van der Waals surface area contributed by atoms with Crippen LogP contribution in [0, 0.1) is 7.43 Å². The third kappa shape index (κ3) is 4.56. The summed E-state index contributed by atoms with van der Waals surface area (Å²) in [6.45, 7) is 0.882. The molecule has 1 amide bonds. The van der Waals surface area contributed by atoms with E-state index in [0.717, 1.165) is 46.0 Å². The van der Waals surface area contributed by atoms with Crippen molar-refractivity contribution in [3.63, 3.8) is 0 Å². The summed E-state index contributed by atoms with van der Waals surface area (Å²) in [6.07, 6.45) is 7.03. The summed E-state index contributed by atoms with van der Waals surface area (Å²) in [4.78, 5) is 21.4. The maximum absolute atomic E-state index is 12.9. The molecule has 2 radical (unpaired) electrons. The molecule has 0 fully saturated rings. The number of anilines is 1. The van der Waals surface area contributed by atoms with E-state index in [2.05, 4.69) is 15.3 Å². The van der Waals surface area contributed by atoms with Crippen molar-refractivity contribution >= 4 is 35.3 Å². The molecule has 150 valence electrons. The summed E-state index contributed by atoms with van der Waals surface area (Å²) in [5, 5.41) is 5.02. The van der Waals surface area contributed by atoms with E-state index in [0.29, 0.717) is 6.61 Å². The van der Waals surface area contributed by atoms with Crippen molar-refractivity contribution in [3.05, 3.63) is 61.5 Å². The van der Waals surface area contributed by atoms with E-state index >= 15 is 0 Å². The molecule has 1 unspecified atom stereocenters. The van der Waals surface area contributed by atoms with E-state index in [4.69, 9.17) is 10.4 Å². The minimum absolute atomic E-state index is 0. The Morgan fingerprint density at radius 2 is 2.21 bits per heavy atom. The quantitative estimate of drug-likeness (QED) is 0.447. The van der Waals surface area contributed by atoms with E-state index < -0.39 is 5.92 Å². The standard InChI is InChI=1S/C19H19BN4O2.CH3.Ag/c21-9-16(18-15-2-1-7-26-20-17(15)11-23-18)19(25)24-14-4-3-13-10-22-6-5-12(13)8-14;;/h3-6,8,10-11,16H,1-2,7,9,21H2,(H,22,24,25);1H3;/q2*-1;. The summed E-state index contributed by atoms with van der Waals surface area (Å²) in [5.41, 5.74) is 9.44. The number of fused-ring (bicyclic) bond motifs is 2. The van der Waals surface area contributed by atoms with E-state index in [1.54, 1.807) is 26.1 Å². The maximum Gasteiger partial charge on any atom is 0.328 e. The Bertz CT molecular complexity index is 947. The van der Waals surface area contributed by atoms with Crippen molar-refractivity contribution in [3.8, 4) is 0 Å². The average molecular weight is 469 g/mol. The zero-order valence-electron chi connectivity index (χ0n) is 15.6. The number of nitrogens with two attached hydrogens (primary N) is 1. The number of nitrogens with one attached hydrogen (secondary N) is 1. The van der Waals surface area contributed by atoms with Gasteiger partial charge in [-0.1, -0.05) is 17.1 Å². The van der Waals surface area contributed by atoms with Crippen LogP contribution >= 0.6 is 0 Å². The molecule has 28 heavy (non-hydrogen) atoms. The number of amides is 1. The van der Waals surface area contributed by atoms with Crippen LogP contribution < -0.4 is 21.5 Å². The van der Waals surface area contributed by atoms with Crippen molar-refractivity contribution < 1.29 is 31.8 Å². The molecular weight excluding hydrogens is 447 g/mol. The van der Waals surface area contributed by atoms with Gasteiger partial charge in [0.1, 0.15) is 0 Å². The van der Waals surface area contributed by atoms with Crippen molar-refractivity contribution in [1.82, 2.24) is 9.97 Å². The van der Waals surface area contributed by atoms with Gasteiger partial charge in [-0.25, -0.2) is 0 Å². The van der Waals surface area contributed by atoms with Crippen LogP contribution in [-0.4, -0.2) is 31.5 Å². The van der Waals surface area contributed by atoms with Gasteiger partial charge in [0.15, 0.2) is 0 Å². The van der Waals surface area contributed by atoms with Crippen LogP contribution in [0.15, 0.2) is 42.9 Å². The van der Waals surface area contributed by atoms with E-state index in [1.165, 1.54) is 0 Å². The van der Waals surface area contributed by atoms with Crippen LogP contribution in [0.2, 0.25) is 0 Å². The Hall–Kier alpha value is -1.89. The number of benzene rings is 1. The van der Waals surface area contributed by atoms with E-state index in [-0.39, 0.29) is 42.3 Å². The first-order valence-electron chi connectivity index (χ1n) is 8.70. The number of hydrogen-bond donors (Lipinski definition) is 2. The first-order valence-corrected chi connectivity index (χ1v) is 8.70. The fraction of sp³-hybridized carbons (Fsp3) is 0.250. The summed E-state index contributed by atoms with van der Waals surface area (Å²) in [7, 11) is 1.72. The summed E-state index contributed by atoms with van der Waals surface area (Å²) >= 11 is 0. The first kappa shape index (κ1) is 22.4. The molecule has 0 bridgehead atoms. The minimum Gasteiger partial charge on any atom is -0.667 e. The predicted molar refractivity (Wildman–Crippen MR) is 108 cm³/mol. The number of carbonyl (C=O) groups excluding carboxylic acids is 1. The van der Waals surface area contributed by atoms with Gasteiger partial charge in [0.2, 0.25) is 5.91 Å². The third-order valence-electron chi connectivity index (χ3n) is 4.69. The fourth-order valence-electron chi connectivity index (χ4n) is 3.33. The maximum atomic E-state index is 12.9. The Morgan fingerprint density at radius 3 is 3.04 bits per heavy atom. The molecule has 8 heteroatoms. The van der Waals surface area contributed by atoms with Gasteiger partial charge in [-0.15, -0.1) is 5.69 Å². The average Bonchev–Trinajstić information content (AvgIpc) is 2.90. The number of rotatable bonds is 4. The van der Waals surface area contributed by atoms with Gasteiger partial charge in [0.25, 0.3) is 0 Å². The van der Waals surface area contributed by atoms with Gasteiger partial charge in [0.05, 0.1) is 5.92 Å². The van der Waals surface area contributed by atoms with Crippen LogP contribution in [0.4, 0.5) is 5.69 Å². The largest absolute Gasteiger partial charge is 0.667 e. The van der Waals surface area contributed by atoms with Gasteiger partial charge in [-0.05, 0) is 36.4 Å². The molecule has 0 saturated carbocycles. The zero-order chi connectivity index (χ0) is 17.9. The summed E-state index contributed by atoms with van der Waals surface area (Å²) < 4.78 is 5.44. The molecule has 2 aromatic heterocycles. The molecule has 3 N–H and O–H groups in total. The van der Waals surface area contributed by atoms with Gasteiger partial charge in [-0.3, -0.25) is 9.78 Å². The van der Waals surface area contributed by atoms with Crippen molar-refractivity contribution in [2.45, 2.75) is 18.8 Å². The Labute approximate surface area is 181 Å². The van der Waals surface area contributed by atoms with Crippen molar-refractivity contribution in [2.24, 2.45) is 5.73 Å². The molecule has 1 aromatic carbocycles. The molecule has 0 aliphatic carbocycles. The fourth-order valence-corrected chi connectivity index (χ4v) is 3.33. The molecule has 1 aliphatic rings. The second-order valence-electron chi connectivity index (χ2n) is 6.38. The molecule has 4 rings (SSSR count). The Morgan fingerprint density at radius 1 is 1.36 bits per heavy atom. The summed E-state index contributed by atoms with van der Waals surface area (Å²) in [6, 6.07) is 7.66. The number of pyridine rings is 1. The molecule has 1 aliphatic heterocycles. The van der Waals surface area contributed by atoms with Crippen LogP contribution in [0.3, 0.4) is 0 Å². The zero-order valence-corrected chi connectivity index (χ0v) is 17.1. The van der Waals surface area contributed by atoms with Crippen molar-refractivity contribution in [2.75, 3.05) is 18.5 Å². The SMILES string of the molecule is NCC(C(=O)Nc1ccc2cnccc2c1)c1[n-]cc2c1CCCO[B]2.[Ag].[CH3-]. The molecule has 0 spiro atoms. The van der Waals surface area contributed by atoms with Crippen LogP contribution in [-0.2, 0) is 38.2 Å². The topological polar surface area (TPSA) is 91.3 Å². The smallest absolute Gasteiger partial charge is 0.328 e. The Kier molecular flexibility index (Phi) is 8.04. The molecule has 1 atom stereocenters. The van der Waals surface area contributed by atoms with Gasteiger partial charge in [-0.2, -0.15) is 6.20 Å². The minimum atomic E-state index is -0.488. The van der Waals surface area contributed by atoms with Crippen LogP contribution in [0.1, 0.15) is 23.6 Å². The normalized spacial score (nSPS) is 13.9. The summed E-state index contributed by atoms with van der Waals surface area (Å²) in [5.74, 6) is -0.634. The van der Waals surface area contributed by atoms with Gasteiger partial charge in [0, 0.05) is 59.0 Å². The van der Waals surface area contributed by atoms with Gasteiger partial charge < -0.3 is 28.1 Å². The monoisotopic (exact) mass is 468 g/mol. The second-order valence-corrected chi connectivity index (χ2v) is 6.38. The third-order valence-corrected chi connectivity index (χ3v) is 4.69. The van der Waals surface area contributed by atoms with Gasteiger partial charge >= 0.3 is 7.48 Å². The molecule has 3 heterocycles. The number of aromatic nitrogens is 2. The molecule has 6 nitrogen and oxygen atoms in total. The van der Waals surface area contributed by atoms with Crippen LogP contribution in [0.5, 0.6) is 0 Å². The number of nitrogens with zero attached hydrogens (tertiary/aromatic N) is 2. The number of hydrogen-bond acceptors (Lipinski definition) is 4. The van der Waals surface area contributed by atoms with E-state index in [9.17, 15) is 4.79 Å².